The highest BCUT2D eigenvalue weighted by Crippen LogP contribution is 2.26. The third-order valence-corrected chi connectivity index (χ3v) is 3.34. The molecule has 98 valence electrons. The van der Waals surface area contributed by atoms with E-state index in [-0.39, 0.29) is 6.04 Å². The Bertz CT molecular complexity index is 394. The first-order valence-corrected chi connectivity index (χ1v) is 7.00. The molecule has 1 aromatic rings. The van der Waals surface area contributed by atoms with Crippen LogP contribution in [-0.4, -0.2) is 13.2 Å². The zero-order chi connectivity index (χ0) is 12.8. The normalized spacial score (nSPS) is 16.2. The molecule has 0 aliphatic carbocycles. The standard InChI is InChI=1S/C16H23NO/c1-3-11-17-16(15-6-5-12-18-15)14-9-7-13(4-2)8-10-14/h6-10,16-17H,3-5,11-12H2,1-2H3. The highest BCUT2D eigenvalue weighted by molar-refractivity contribution is 5.30. The van der Waals surface area contributed by atoms with Crippen LogP contribution in [0.1, 0.15) is 43.9 Å². The SMILES string of the molecule is CCCNC(C1=CCCO1)c1ccc(CC)cc1. The molecular weight excluding hydrogens is 222 g/mol. The fourth-order valence-electron chi connectivity index (χ4n) is 2.26. The van der Waals surface area contributed by atoms with Crippen LogP contribution in [0.25, 0.3) is 0 Å². The highest BCUT2D eigenvalue weighted by atomic mass is 16.5. The number of rotatable bonds is 6. The van der Waals surface area contributed by atoms with Gasteiger partial charge >= 0.3 is 0 Å². The van der Waals surface area contributed by atoms with Crippen molar-refractivity contribution in [3.63, 3.8) is 0 Å². The molecule has 0 saturated heterocycles. The molecular formula is C16H23NO. The molecule has 1 aromatic carbocycles. The van der Waals surface area contributed by atoms with E-state index in [1.165, 1.54) is 11.1 Å². The monoisotopic (exact) mass is 245 g/mol. The van der Waals surface area contributed by atoms with Gasteiger partial charge in [0, 0.05) is 6.42 Å². The lowest BCUT2D eigenvalue weighted by Crippen LogP contribution is -2.24. The van der Waals surface area contributed by atoms with Gasteiger partial charge in [-0.15, -0.1) is 0 Å². The quantitative estimate of drug-likeness (QED) is 0.827. The van der Waals surface area contributed by atoms with Crippen LogP contribution in [-0.2, 0) is 11.2 Å². The summed E-state index contributed by atoms with van der Waals surface area (Å²) in [4.78, 5) is 0. The van der Waals surface area contributed by atoms with Gasteiger partial charge in [0.05, 0.1) is 12.6 Å². The number of aryl methyl sites for hydroxylation is 1. The van der Waals surface area contributed by atoms with Crippen LogP contribution < -0.4 is 5.32 Å². The molecule has 0 saturated carbocycles. The number of ether oxygens (including phenoxy) is 1. The molecule has 1 unspecified atom stereocenters. The van der Waals surface area contributed by atoms with Crippen LogP contribution in [0.2, 0.25) is 0 Å². The first-order valence-electron chi connectivity index (χ1n) is 7.00. The van der Waals surface area contributed by atoms with Gasteiger partial charge in [-0.05, 0) is 36.6 Å². The van der Waals surface area contributed by atoms with Gasteiger partial charge in [0.15, 0.2) is 0 Å². The second-order valence-electron chi connectivity index (χ2n) is 4.73. The minimum Gasteiger partial charge on any atom is -0.496 e. The van der Waals surface area contributed by atoms with Gasteiger partial charge in [-0.3, -0.25) is 0 Å². The van der Waals surface area contributed by atoms with E-state index >= 15 is 0 Å². The fraction of sp³-hybridized carbons (Fsp3) is 0.500. The molecule has 0 fully saturated rings. The van der Waals surface area contributed by atoms with Crippen molar-refractivity contribution in [2.45, 2.75) is 39.2 Å². The number of hydrogen-bond donors (Lipinski definition) is 1. The third-order valence-electron chi connectivity index (χ3n) is 3.34. The third kappa shape index (κ3) is 3.14. The summed E-state index contributed by atoms with van der Waals surface area (Å²) >= 11 is 0. The predicted molar refractivity (Wildman–Crippen MR) is 75.5 cm³/mol. The smallest absolute Gasteiger partial charge is 0.114 e. The number of hydrogen-bond acceptors (Lipinski definition) is 2. The molecule has 1 heterocycles. The average Bonchev–Trinajstić information content (AvgIpc) is 2.94. The Balaban J connectivity index is 2.15. The molecule has 1 N–H and O–H groups in total. The van der Waals surface area contributed by atoms with Crippen LogP contribution in [0.5, 0.6) is 0 Å². The van der Waals surface area contributed by atoms with E-state index in [0.29, 0.717) is 0 Å². The Hall–Kier alpha value is -1.28. The van der Waals surface area contributed by atoms with Crippen molar-refractivity contribution >= 4 is 0 Å². The van der Waals surface area contributed by atoms with Crippen molar-refractivity contribution in [2.24, 2.45) is 0 Å². The largest absolute Gasteiger partial charge is 0.496 e. The summed E-state index contributed by atoms with van der Waals surface area (Å²) < 4.78 is 5.72. The maximum Gasteiger partial charge on any atom is 0.114 e. The zero-order valence-electron chi connectivity index (χ0n) is 11.4. The molecule has 0 aromatic heterocycles. The van der Waals surface area contributed by atoms with E-state index in [0.717, 1.165) is 38.2 Å². The molecule has 2 heteroatoms. The Morgan fingerprint density at radius 3 is 2.56 bits per heavy atom. The Morgan fingerprint density at radius 1 is 1.22 bits per heavy atom. The van der Waals surface area contributed by atoms with Gasteiger partial charge in [-0.25, -0.2) is 0 Å². The zero-order valence-corrected chi connectivity index (χ0v) is 11.4. The molecule has 0 amide bonds. The van der Waals surface area contributed by atoms with Crippen LogP contribution in [0.3, 0.4) is 0 Å². The van der Waals surface area contributed by atoms with Crippen molar-refractivity contribution in [2.75, 3.05) is 13.2 Å². The van der Waals surface area contributed by atoms with Crippen molar-refractivity contribution < 1.29 is 4.74 Å². The molecule has 0 bridgehead atoms. The molecule has 2 nitrogen and oxygen atoms in total. The average molecular weight is 245 g/mol. The van der Waals surface area contributed by atoms with Gasteiger partial charge in [-0.2, -0.15) is 0 Å². The van der Waals surface area contributed by atoms with Crippen molar-refractivity contribution in [3.05, 3.63) is 47.2 Å². The molecule has 0 spiro atoms. The summed E-state index contributed by atoms with van der Waals surface area (Å²) in [6.45, 7) is 6.21. The second-order valence-corrected chi connectivity index (χ2v) is 4.73. The topological polar surface area (TPSA) is 21.3 Å². The first-order chi connectivity index (χ1) is 8.85. The molecule has 1 atom stereocenters. The molecule has 2 rings (SSSR count). The van der Waals surface area contributed by atoms with Crippen molar-refractivity contribution in [3.8, 4) is 0 Å². The number of benzene rings is 1. The Kier molecular flexibility index (Phi) is 4.82. The summed E-state index contributed by atoms with van der Waals surface area (Å²) in [5.74, 6) is 1.09. The van der Waals surface area contributed by atoms with E-state index in [9.17, 15) is 0 Å². The van der Waals surface area contributed by atoms with Crippen LogP contribution >= 0.6 is 0 Å². The summed E-state index contributed by atoms with van der Waals surface area (Å²) in [5, 5.41) is 3.57. The van der Waals surface area contributed by atoms with E-state index in [1.54, 1.807) is 0 Å². The minimum absolute atomic E-state index is 0.221. The van der Waals surface area contributed by atoms with Crippen molar-refractivity contribution in [1.29, 1.82) is 0 Å². The Morgan fingerprint density at radius 2 is 2.00 bits per heavy atom. The minimum atomic E-state index is 0.221. The molecule has 1 aliphatic heterocycles. The summed E-state index contributed by atoms with van der Waals surface area (Å²) in [6, 6.07) is 9.08. The maximum atomic E-state index is 5.72. The number of nitrogens with one attached hydrogen (secondary N) is 1. The molecule has 1 aliphatic rings. The van der Waals surface area contributed by atoms with Gasteiger partial charge < -0.3 is 10.1 Å². The lowest BCUT2D eigenvalue weighted by Gasteiger charge is -2.20. The highest BCUT2D eigenvalue weighted by Gasteiger charge is 2.19. The van der Waals surface area contributed by atoms with Gasteiger partial charge in [0.25, 0.3) is 0 Å². The van der Waals surface area contributed by atoms with E-state index < -0.39 is 0 Å². The van der Waals surface area contributed by atoms with Gasteiger partial charge in [0.1, 0.15) is 5.76 Å². The second kappa shape index (κ2) is 6.60. The van der Waals surface area contributed by atoms with Crippen molar-refractivity contribution in [1.82, 2.24) is 5.32 Å². The van der Waals surface area contributed by atoms with E-state index in [4.69, 9.17) is 4.74 Å². The van der Waals surface area contributed by atoms with Crippen LogP contribution in [0, 0.1) is 0 Å². The van der Waals surface area contributed by atoms with E-state index in [2.05, 4.69) is 49.5 Å². The molecule has 0 radical (unpaired) electrons. The summed E-state index contributed by atoms with van der Waals surface area (Å²) in [6.07, 6.45) is 5.47. The summed E-state index contributed by atoms with van der Waals surface area (Å²) in [7, 11) is 0. The lowest BCUT2D eigenvalue weighted by atomic mass is 10.0. The van der Waals surface area contributed by atoms with Gasteiger partial charge in [0.2, 0.25) is 0 Å². The lowest BCUT2D eigenvalue weighted by molar-refractivity contribution is 0.215. The summed E-state index contributed by atoms with van der Waals surface area (Å²) in [5.41, 5.74) is 2.68. The van der Waals surface area contributed by atoms with Crippen LogP contribution in [0.4, 0.5) is 0 Å². The van der Waals surface area contributed by atoms with Crippen LogP contribution in [0.15, 0.2) is 36.1 Å². The fourth-order valence-corrected chi connectivity index (χ4v) is 2.26. The Labute approximate surface area is 110 Å². The van der Waals surface area contributed by atoms with E-state index in [1.807, 2.05) is 0 Å². The molecule has 18 heavy (non-hydrogen) atoms. The first kappa shape index (κ1) is 13.2. The maximum absolute atomic E-state index is 5.72. The predicted octanol–water partition coefficient (Wildman–Crippen LogP) is 3.59. The van der Waals surface area contributed by atoms with Gasteiger partial charge in [-0.1, -0.05) is 38.1 Å².